The van der Waals surface area contributed by atoms with Crippen LogP contribution in [0.25, 0.3) is 0 Å². The van der Waals surface area contributed by atoms with Crippen LogP contribution in [0.2, 0.25) is 0 Å². The van der Waals surface area contributed by atoms with Gasteiger partial charge in [-0.2, -0.15) is 0 Å². The molecule has 4 aliphatic rings. The summed E-state index contributed by atoms with van der Waals surface area (Å²) < 4.78 is 0. The average molecular weight is 285 g/mol. The zero-order chi connectivity index (χ0) is 14.5. The minimum absolute atomic E-state index is 0.0469. The number of nitrogens with one attached hydrogen (secondary N) is 1. The second kappa shape index (κ2) is 4.57. The molecule has 5 rings (SSSR count). The molecular formula is C18H23NO2. The van der Waals surface area contributed by atoms with Gasteiger partial charge >= 0.3 is 0 Å². The zero-order valence-electron chi connectivity index (χ0n) is 12.3. The normalized spacial score (nSPS) is 40.2. The molecule has 0 aliphatic heterocycles. The highest BCUT2D eigenvalue weighted by atomic mass is 16.3. The Labute approximate surface area is 125 Å². The Hall–Kier alpha value is -1.35. The third-order valence-corrected chi connectivity index (χ3v) is 5.93. The van der Waals surface area contributed by atoms with Gasteiger partial charge in [0.05, 0.1) is 0 Å². The molecule has 4 saturated carbocycles. The van der Waals surface area contributed by atoms with Crippen molar-refractivity contribution in [2.45, 2.75) is 44.1 Å². The maximum Gasteiger partial charge on any atom is 0.251 e. The van der Waals surface area contributed by atoms with Crippen LogP contribution in [-0.4, -0.2) is 23.2 Å². The van der Waals surface area contributed by atoms with Crippen molar-refractivity contribution in [2.75, 3.05) is 6.61 Å². The Balaban J connectivity index is 1.58. The minimum atomic E-state index is -0.0697. The fourth-order valence-corrected chi connectivity index (χ4v) is 5.69. The van der Waals surface area contributed by atoms with E-state index in [-0.39, 0.29) is 23.5 Å². The van der Waals surface area contributed by atoms with Gasteiger partial charge in [-0.1, -0.05) is 18.2 Å². The van der Waals surface area contributed by atoms with Crippen molar-refractivity contribution in [1.29, 1.82) is 0 Å². The van der Waals surface area contributed by atoms with Crippen LogP contribution in [0, 0.1) is 17.3 Å². The molecule has 0 saturated heterocycles. The smallest absolute Gasteiger partial charge is 0.251 e. The van der Waals surface area contributed by atoms with E-state index in [2.05, 4.69) is 5.32 Å². The number of carbonyl (C=O) groups is 1. The van der Waals surface area contributed by atoms with E-state index in [1.165, 1.54) is 6.42 Å². The van der Waals surface area contributed by atoms with Crippen molar-refractivity contribution < 1.29 is 9.90 Å². The predicted octanol–water partition coefficient (Wildman–Crippen LogP) is 2.75. The third-order valence-electron chi connectivity index (χ3n) is 5.93. The largest absolute Gasteiger partial charge is 0.396 e. The molecule has 21 heavy (non-hydrogen) atoms. The highest BCUT2D eigenvalue weighted by molar-refractivity contribution is 5.94. The lowest BCUT2D eigenvalue weighted by atomic mass is 9.47. The van der Waals surface area contributed by atoms with Crippen LogP contribution < -0.4 is 5.32 Å². The molecule has 3 heteroatoms. The molecule has 1 amide bonds. The maximum atomic E-state index is 12.5. The van der Waals surface area contributed by atoms with E-state index in [9.17, 15) is 9.90 Å². The van der Waals surface area contributed by atoms with E-state index in [1.54, 1.807) is 0 Å². The number of rotatable bonds is 3. The molecule has 0 spiro atoms. The number of aliphatic hydroxyl groups excluding tert-OH is 1. The summed E-state index contributed by atoms with van der Waals surface area (Å²) in [6.45, 7) is 0.281. The van der Waals surface area contributed by atoms with Crippen LogP contribution in [0.3, 0.4) is 0 Å². The second-order valence-electron chi connectivity index (χ2n) is 7.72. The highest BCUT2D eigenvalue weighted by Gasteiger charge is 2.57. The summed E-state index contributed by atoms with van der Waals surface area (Å²) in [5.41, 5.74) is 0.750. The topological polar surface area (TPSA) is 49.3 Å². The zero-order valence-corrected chi connectivity index (χ0v) is 12.3. The fourth-order valence-electron chi connectivity index (χ4n) is 5.69. The van der Waals surface area contributed by atoms with Crippen LogP contribution in [0.4, 0.5) is 0 Å². The van der Waals surface area contributed by atoms with Crippen molar-refractivity contribution in [3.05, 3.63) is 35.9 Å². The Morgan fingerprint density at radius 1 is 1.14 bits per heavy atom. The van der Waals surface area contributed by atoms with Crippen LogP contribution in [0.1, 0.15) is 48.9 Å². The lowest BCUT2D eigenvalue weighted by molar-refractivity contribution is -0.100. The van der Waals surface area contributed by atoms with E-state index in [0.29, 0.717) is 11.8 Å². The van der Waals surface area contributed by atoms with Gasteiger partial charge in [-0.05, 0) is 67.9 Å². The molecule has 2 unspecified atom stereocenters. The van der Waals surface area contributed by atoms with Gasteiger partial charge in [-0.3, -0.25) is 4.79 Å². The van der Waals surface area contributed by atoms with Crippen molar-refractivity contribution in [2.24, 2.45) is 17.3 Å². The molecule has 1 aromatic carbocycles. The van der Waals surface area contributed by atoms with Gasteiger partial charge in [-0.15, -0.1) is 0 Å². The summed E-state index contributed by atoms with van der Waals surface area (Å²) in [5.74, 6) is 1.43. The molecule has 2 atom stereocenters. The Morgan fingerprint density at radius 2 is 1.81 bits per heavy atom. The van der Waals surface area contributed by atoms with Crippen LogP contribution in [0.5, 0.6) is 0 Å². The first-order valence-electron chi connectivity index (χ1n) is 8.11. The highest BCUT2D eigenvalue weighted by Crippen LogP contribution is 2.61. The van der Waals surface area contributed by atoms with E-state index in [0.717, 1.165) is 37.7 Å². The van der Waals surface area contributed by atoms with Gasteiger partial charge in [0.1, 0.15) is 0 Å². The molecule has 1 aromatic rings. The Kier molecular flexibility index (Phi) is 2.90. The van der Waals surface area contributed by atoms with E-state index in [4.69, 9.17) is 0 Å². The van der Waals surface area contributed by atoms with Gasteiger partial charge in [0.2, 0.25) is 0 Å². The number of amides is 1. The third kappa shape index (κ3) is 2.18. The predicted molar refractivity (Wildman–Crippen MR) is 80.8 cm³/mol. The lowest BCUT2D eigenvalue weighted by Crippen LogP contribution is -2.63. The number of hydrogen-bond acceptors (Lipinski definition) is 2. The molecule has 2 N–H and O–H groups in total. The standard InChI is InChI=1S/C18H23NO2/c20-12-17-7-13-6-14(8-17)10-18(9-13,11-17)19-16(21)15-4-2-1-3-5-15/h1-5,13-14,20H,6-12H2,(H,19,21). The molecule has 4 aliphatic carbocycles. The van der Waals surface area contributed by atoms with Crippen LogP contribution >= 0.6 is 0 Å². The molecule has 0 radical (unpaired) electrons. The van der Waals surface area contributed by atoms with E-state index < -0.39 is 0 Å². The summed E-state index contributed by atoms with van der Waals surface area (Å²) >= 11 is 0. The summed E-state index contributed by atoms with van der Waals surface area (Å²) in [7, 11) is 0. The first-order valence-corrected chi connectivity index (χ1v) is 8.11. The van der Waals surface area contributed by atoms with Crippen molar-refractivity contribution in [1.82, 2.24) is 5.32 Å². The summed E-state index contributed by atoms with van der Waals surface area (Å²) in [5, 5.41) is 13.2. The van der Waals surface area contributed by atoms with Crippen molar-refractivity contribution in [3.63, 3.8) is 0 Å². The molecule has 4 bridgehead atoms. The van der Waals surface area contributed by atoms with Crippen molar-refractivity contribution in [3.8, 4) is 0 Å². The van der Waals surface area contributed by atoms with Gasteiger partial charge in [0.15, 0.2) is 0 Å². The first-order chi connectivity index (χ1) is 10.1. The number of carbonyl (C=O) groups excluding carboxylic acids is 1. The second-order valence-corrected chi connectivity index (χ2v) is 7.72. The van der Waals surface area contributed by atoms with Crippen LogP contribution in [-0.2, 0) is 0 Å². The molecule has 112 valence electrons. The van der Waals surface area contributed by atoms with Gasteiger partial charge in [-0.25, -0.2) is 0 Å². The molecule has 3 nitrogen and oxygen atoms in total. The number of benzene rings is 1. The molecule has 0 heterocycles. The Bertz CT molecular complexity index is 540. The molecule has 0 aromatic heterocycles. The number of aliphatic hydroxyl groups is 1. The van der Waals surface area contributed by atoms with Crippen LogP contribution in [0.15, 0.2) is 30.3 Å². The molecule has 4 fully saturated rings. The monoisotopic (exact) mass is 285 g/mol. The van der Waals surface area contributed by atoms with Gasteiger partial charge in [0, 0.05) is 17.7 Å². The minimum Gasteiger partial charge on any atom is -0.396 e. The fraction of sp³-hybridized carbons (Fsp3) is 0.611. The first kappa shape index (κ1) is 13.3. The molecular weight excluding hydrogens is 262 g/mol. The van der Waals surface area contributed by atoms with E-state index >= 15 is 0 Å². The summed E-state index contributed by atoms with van der Waals surface area (Å²) in [6, 6.07) is 9.49. The van der Waals surface area contributed by atoms with Gasteiger partial charge < -0.3 is 10.4 Å². The van der Waals surface area contributed by atoms with Gasteiger partial charge in [0.25, 0.3) is 5.91 Å². The Morgan fingerprint density at radius 3 is 2.43 bits per heavy atom. The maximum absolute atomic E-state index is 12.5. The quantitative estimate of drug-likeness (QED) is 0.897. The summed E-state index contributed by atoms with van der Waals surface area (Å²) in [4.78, 5) is 12.5. The average Bonchev–Trinajstić information content (AvgIpc) is 2.46. The SMILES string of the molecule is O=C(NC12CC3CC(CC(CO)(C3)C1)C2)c1ccccc1. The van der Waals surface area contributed by atoms with E-state index in [1.807, 2.05) is 30.3 Å². The lowest BCUT2D eigenvalue weighted by Gasteiger charge is -2.61. The van der Waals surface area contributed by atoms with Crippen molar-refractivity contribution >= 4 is 5.91 Å². The summed E-state index contributed by atoms with van der Waals surface area (Å²) in [6.07, 6.45) is 6.77. The number of hydrogen-bond donors (Lipinski definition) is 2.